The molecule has 0 amide bonds. The van der Waals surface area contributed by atoms with Gasteiger partial charge in [0.2, 0.25) is 0 Å². The summed E-state index contributed by atoms with van der Waals surface area (Å²) in [5, 5.41) is 3.23. The fourth-order valence-corrected chi connectivity index (χ4v) is 1.84. The van der Waals surface area contributed by atoms with Gasteiger partial charge in [0.1, 0.15) is 0 Å². The van der Waals surface area contributed by atoms with Gasteiger partial charge in [-0.05, 0) is 37.1 Å². The Balaban J connectivity index is 2.82. The van der Waals surface area contributed by atoms with Gasteiger partial charge in [-0.25, -0.2) is 0 Å². The number of benzene rings is 1. The second-order valence-corrected chi connectivity index (χ2v) is 4.83. The smallest absolute Gasteiger partial charge is 0.314 e. The van der Waals surface area contributed by atoms with E-state index in [4.69, 9.17) is 0 Å². The number of rotatable bonds is 5. The van der Waals surface area contributed by atoms with Gasteiger partial charge in [0.25, 0.3) is 0 Å². The molecule has 0 atom stereocenters. The van der Waals surface area contributed by atoms with E-state index in [9.17, 15) is 13.2 Å². The van der Waals surface area contributed by atoms with Crippen LogP contribution in [0.3, 0.4) is 0 Å². The Kier molecular flexibility index (Phi) is 5.60. The van der Waals surface area contributed by atoms with Gasteiger partial charge in [0, 0.05) is 6.04 Å². The molecule has 0 fully saturated rings. The molecular formula is C15H20F3N. The SMILES string of the molecule is CC(=CCCNC(C)C)c1ccccc1C(F)(F)F. The van der Waals surface area contributed by atoms with Crippen LogP contribution in [0.25, 0.3) is 5.57 Å². The van der Waals surface area contributed by atoms with E-state index >= 15 is 0 Å². The summed E-state index contributed by atoms with van der Waals surface area (Å²) in [6.45, 7) is 6.56. The van der Waals surface area contributed by atoms with Gasteiger partial charge < -0.3 is 5.32 Å². The normalized spacial score (nSPS) is 13.1. The summed E-state index contributed by atoms with van der Waals surface area (Å²) in [5.41, 5.74) is 0.360. The molecule has 0 radical (unpaired) electrons. The third-order valence-corrected chi connectivity index (χ3v) is 2.80. The first-order valence-electron chi connectivity index (χ1n) is 6.39. The number of hydrogen-bond acceptors (Lipinski definition) is 1. The van der Waals surface area contributed by atoms with Crippen LogP contribution in [0.4, 0.5) is 13.2 Å². The number of hydrogen-bond donors (Lipinski definition) is 1. The largest absolute Gasteiger partial charge is 0.416 e. The molecule has 0 unspecified atom stereocenters. The molecule has 0 bridgehead atoms. The number of alkyl halides is 3. The second-order valence-electron chi connectivity index (χ2n) is 4.83. The molecule has 0 aromatic heterocycles. The minimum atomic E-state index is -4.30. The van der Waals surface area contributed by atoms with Crippen molar-refractivity contribution in [3.63, 3.8) is 0 Å². The summed E-state index contributed by atoms with van der Waals surface area (Å²) >= 11 is 0. The van der Waals surface area contributed by atoms with Crippen molar-refractivity contribution in [1.82, 2.24) is 5.32 Å². The topological polar surface area (TPSA) is 12.0 Å². The quantitative estimate of drug-likeness (QED) is 0.778. The van der Waals surface area contributed by atoms with E-state index in [-0.39, 0.29) is 5.56 Å². The van der Waals surface area contributed by atoms with Crippen LogP contribution in [0.15, 0.2) is 30.3 Å². The molecule has 0 heterocycles. The van der Waals surface area contributed by atoms with Crippen molar-refractivity contribution in [2.45, 2.75) is 39.4 Å². The highest BCUT2D eigenvalue weighted by molar-refractivity contribution is 5.67. The molecule has 0 saturated carbocycles. The van der Waals surface area contributed by atoms with Gasteiger partial charge >= 0.3 is 6.18 Å². The third-order valence-electron chi connectivity index (χ3n) is 2.80. The van der Waals surface area contributed by atoms with Gasteiger partial charge in [-0.15, -0.1) is 0 Å². The van der Waals surface area contributed by atoms with Gasteiger partial charge in [-0.2, -0.15) is 13.2 Å². The maximum Gasteiger partial charge on any atom is 0.416 e. The highest BCUT2D eigenvalue weighted by atomic mass is 19.4. The molecule has 0 saturated heterocycles. The van der Waals surface area contributed by atoms with Crippen LogP contribution in [0, 0.1) is 0 Å². The van der Waals surface area contributed by atoms with Crippen molar-refractivity contribution in [2.75, 3.05) is 6.54 Å². The van der Waals surface area contributed by atoms with Gasteiger partial charge in [0.15, 0.2) is 0 Å². The minimum Gasteiger partial charge on any atom is -0.314 e. The molecular weight excluding hydrogens is 251 g/mol. The van der Waals surface area contributed by atoms with E-state index in [1.807, 2.05) is 19.9 Å². The lowest BCUT2D eigenvalue weighted by Crippen LogP contribution is -2.23. The molecule has 19 heavy (non-hydrogen) atoms. The maximum atomic E-state index is 12.9. The van der Waals surface area contributed by atoms with E-state index in [0.717, 1.165) is 19.0 Å². The highest BCUT2D eigenvalue weighted by Crippen LogP contribution is 2.34. The lowest BCUT2D eigenvalue weighted by Gasteiger charge is -2.13. The summed E-state index contributed by atoms with van der Waals surface area (Å²) in [4.78, 5) is 0. The van der Waals surface area contributed by atoms with Crippen LogP contribution in [0.2, 0.25) is 0 Å². The van der Waals surface area contributed by atoms with Crippen LogP contribution in [-0.4, -0.2) is 12.6 Å². The van der Waals surface area contributed by atoms with Crippen LogP contribution in [0.5, 0.6) is 0 Å². The van der Waals surface area contributed by atoms with Gasteiger partial charge in [0.05, 0.1) is 5.56 Å². The molecule has 1 aromatic rings. The summed E-state index contributed by atoms with van der Waals surface area (Å²) in [5.74, 6) is 0. The number of nitrogens with one attached hydrogen (secondary N) is 1. The molecule has 0 spiro atoms. The van der Waals surface area contributed by atoms with Gasteiger partial charge in [-0.1, -0.05) is 38.1 Å². The summed E-state index contributed by atoms with van der Waals surface area (Å²) < 4.78 is 38.6. The van der Waals surface area contributed by atoms with E-state index < -0.39 is 11.7 Å². The van der Waals surface area contributed by atoms with Crippen molar-refractivity contribution in [3.05, 3.63) is 41.5 Å². The predicted molar refractivity (Wildman–Crippen MR) is 72.9 cm³/mol. The first-order valence-corrected chi connectivity index (χ1v) is 6.39. The second kappa shape index (κ2) is 6.75. The van der Waals surface area contributed by atoms with E-state index in [2.05, 4.69) is 5.32 Å². The van der Waals surface area contributed by atoms with Crippen molar-refractivity contribution < 1.29 is 13.2 Å². The average Bonchev–Trinajstić information content (AvgIpc) is 2.33. The van der Waals surface area contributed by atoms with Crippen LogP contribution >= 0.6 is 0 Å². The Labute approximate surface area is 112 Å². The lowest BCUT2D eigenvalue weighted by atomic mass is 9.99. The molecule has 1 N–H and O–H groups in total. The Morgan fingerprint density at radius 2 is 1.89 bits per heavy atom. The third kappa shape index (κ3) is 5.07. The predicted octanol–water partition coefficient (Wildman–Crippen LogP) is 4.50. The Morgan fingerprint density at radius 3 is 2.47 bits per heavy atom. The number of allylic oxidation sites excluding steroid dienone is 1. The monoisotopic (exact) mass is 271 g/mol. The molecule has 106 valence electrons. The molecule has 1 rings (SSSR count). The highest BCUT2D eigenvalue weighted by Gasteiger charge is 2.33. The standard InChI is InChI=1S/C15H20F3N/c1-11(2)19-10-6-7-12(3)13-8-4-5-9-14(13)15(16,17)18/h4-5,7-9,11,19H,6,10H2,1-3H3. The molecule has 0 aliphatic carbocycles. The van der Waals surface area contributed by atoms with Gasteiger partial charge in [-0.3, -0.25) is 0 Å². The Morgan fingerprint density at radius 1 is 1.26 bits per heavy atom. The zero-order chi connectivity index (χ0) is 14.5. The molecule has 1 aromatic carbocycles. The van der Waals surface area contributed by atoms with E-state index in [1.165, 1.54) is 12.1 Å². The zero-order valence-electron chi connectivity index (χ0n) is 11.5. The van der Waals surface area contributed by atoms with Crippen molar-refractivity contribution in [3.8, 4) is 0 Å². The summed E-state index contributed by atoms with van der Waals surface area (Å²) in [6.07, 6.45) is -1.74. The molecule has 4 heteroatoms. The molecule has 0 aliphatic heterocycles. The fraction of sp³-hybridized carbons (Fsp3) is 0.467. The summed E-state index contributed by atoms with van der Waals surface area (Å²) in [7, 11) is 0. The van der Waals surface area contributed by atoms with Crippen molar-refractivity contribution >= 4 is 5.57 Å². The molecule has 1 nitrogen and oxygen atoms in total. The lowest BCUT2D eigenvalue weighted by molar-refractivity contribution is -0.137. The molecule has 0 aliphatic rings. The van der Waals surface area contributed by atoms with E-state index in [1.54, 1.807) is 13.0 Å². The van der Waals surface area contributed by atoms with Crippen LogP contribution in [0.1, 0.15) is 38.3 Å². The van der Waals surface area contributed by atoms with Crippen molar-refractivity contribution in [2.24, 2.45) is 0 Å². The first-order chi connectivity index (χ1) is 8.82. The Bertz CT molecular complexity index is 433. The van der Waals surface area contributed by atoms with Crippen molar-refractivity contribution in [1.29, 1.82) is 0 Å². The summed E-state index contributed by atoms with van der Waals surface area (Å²) in [6, 6.07) is 6.08. The maximum absolute atomic E-state index is 12.9. The van der Waals surface area contributed by atoms with Crippen LogP contribution in [-0.2, 0) is 6.18 Å². The minimum absolute atomic E-state index is 0.263. The van der Waals surface area contributed by atoms with E-state index in [0.29, 0.717) is 11.6 Å². The first kappa shape index (κ1) is 15.8. The average molecular weight is 271 g/mol. The zero-order valence-corrected chi connectivity index (χ0v) is 11.5. The Hall–Kier alpha value is -1.29. The number of halogens is 3. The van der Waals surface area contributed by atoms with Crippen LogP contribution < -0.4 is 5.32 Å². The fourth-order valence-electron chi connectivity index (χ4n) is 1.84.